The SMILES string of the molecule is CCOC(=O)CCCC(C)(C)N=[N+]=[N-]. The minimum Gasteiger partial charge on any atom is -0.466 e. The molecule has 14 heavy (non-hydrogen) atoms. The van der Waals surface area contributed by atoms with Gasteiger partial charge in [-0.25, -0.2) is 0 Å². The zero-order valence-corrected chi connectivity index (χ0v) is 8.99. The number of ether oxygens (including phenoxy) is 1. The van der Waals surface area contributed by atoms with Gasteiger partial charge in [0.05, 0.1) is 6.61 Å². The molecule has 0 aliphatic rings. The molecule has 0 aromatic rings. The van der Waals surface area contributed by atoms with Gasteiger partial charge in [-0.05, 0) is 25.3 Å². The zero-order valence-electron chi connectivity index (χ0n) is 8.99. The van der Waals surface area contributed by atoms with Gasteiger partial charge in [0.1, 0.15) is 0 Å². The van der Waals surface area contributed by atoms with E-state index >= 15 is 0 Å². The Hall–Kier alpha value is -1.22. The van der Waals surface area contributed by atoms with E-state index < -0.39 is 5.54 Å². The first-order valence-electron chi connectivity index (χ1n) is 4.73. The molecule has 0 aliphatic carbocycles. The normalized spacial score (nSPS) is 10.5. The number of nitrogens with zero attached hydrogens (tertiary/aromatic N) is 3. The highest BCUT2D eigenvalue weighted by molar-refractivity contribution is 5.69. The minimum absolute atomic E-state index is 0.191. The fourth-order valence-electron chi connectivity index (χ4n) is 1.07. The number of azide groups is 1. The van der Waals surface area contributed by atoms with Crippen molar-refractivity contribution in [2.45, 2.75) is 45.6 Å². The number of hydrogen-bond acceptors (Lipinski definition) is 3. The summed E-state index contributed by atoms with van der Waals surface area (Å²) < 4.78 is 4.77. The average molecular weight is 199 g/mol. The van der Waals surface area contributed by atoms with E-state index in [2.05, 4.69) is 10.0 Å². The smallest absolute Gasteiger partial charge is 0.305 e. The van der Waals surface area contributed by atoms with Crippen LogP contribution < -0.4 is 0 Å². The van der Waals surface area contributed by atoms with Crippen molar-refractivity contribution in [1.82, 2.24) is 0 Å². The van der Waals surface area contributed by atoms with Crippen molar-refractivity contribution in [1.29, 1.82) is 0 Å². The Balaban J connectivity index is 3.73. The predicted molar refractivity (Wildman–Crippen MR) is 53.7 cm³/mol. The Kier molecular flexibility index (Phi) is 5.72. The molecule has 0 unspecified atom stereocenters. The van der Waals surface area contributed by atoms with Crippen LogP contribution in [0.2, 0.25) is 0 Å². The summed E-state index contributed by atoms with van der Waals surface area (Å²) in [7, 11) is 0. The maximum absolute atomic E-state index is 11.0. The van der Waals surface area contributed by atoms with E-state index in [1.807, 2.05) is 13.8 Å². The van der Waals surface area contributed by atoms with E-state index in [1.54, 1.807) is 6.92 Å². The van der Waals surface area contributed by atoms with Crippen molar-refractivity contribution in [3.8, 4) is 0 Å². The fourth-order valence-corrected chi connectivity index (χ4v) is 1.07. The first kappa shape index (κ1) is 12.8. The van der Waals surface area contributed by atoms with Gasteiger partial charge < -0.3 is 4.74 Å². The topological polar surface area (TPSA) is 75.1 Å². The molecular formula is C9H17N3O2. The largest absolute Gasteiger partial charge is 0.466 e. The van der Waals surface area contributed by atoms with Gasteiger partial charge in [0.2, 0.25) is 0 Å². The number of rotatable bonds is 6. The lowest BCUT2D eigenvalue weighted by Gasteiger charge is -2.16. The monoisotopic (exact) mass is 199 g/mol. The van der Waals surface area contributed by atoms with Gasteiger partial charge in [0.25, 0.3) is 0 Å². The molecule has 0 heterocycles. The second-order valence-electron chi connectivity index (χ2n) is 3.66. The summed E-state index contributed by atoms with van der Waals surface area (Å²) in [6, 6.07) is 0. The highest BCUT2D eigenvalue weighted by Gasteiger charge is 2.15. The van der Waals surface area contributed by atoms with Crippen LogP contribution in [0.5, 0.6) is 0 Å². The Morgan fingerprint density at radius 3 is 2.71 bits per heavy atom. The summed E-state index contributed by atoms with van der Waals surface area (Å²) in [5.74, 6) is -0.191. The van der Waals surface area contributed by atoms with Crippen LogP contribution in [0.1, 0.15) is 40.0 Å². The quantitative estimate of drug-likeness (QED) is 0.285. The van der Waals surface area contributed by atoms with Gasteiger partial charge in [0.15, 0.2) is 0 Å². The summed E-state index contributed by atoms with van der Waals surface area (Å²) in [5.41, 5.74) is 7.85. The molecule has 0 rings (SSSR count). The second-order valence-corrected chi connectivity index (χ2v) is 3.66. The van der Waals surface area contributed by atoms with Gasteiger partial charge in [-0.15, -0.1) is 0 Å². The van der Waals surface area contributed by atoms with E-state index in [9.17, 15) is 4.79 Å². The Morgan fingerprint density at radius 2 is 2.21 bits per heavy atom. The molecule has 5 nitrogen and oxygen atoms in total. The van der Waals surface area contributed by atoms with E-state index in [4.69, 9.17) is 10.3 Å². The summed E-state index contributed by atoms with van der Waals surface area (Å²) in [4.78, 5) is 13.7. The standard InChI is InChI=1S/C9H17N3O2/c1-4-14-8(13)6-5-7-9(2,3)11-12-10/h4-7H2,1-3H3. The molecule has 0 N–H and O–H groups in total. The van der Waals surface area contributed by atoms with Gasteiger partial charge in [-0.3, -0.25) is 4.79 Å². The summed E-state index contributed by atoms with van der Waals surface area (Å²) >= 11 is 0. The molecule has 0 saturated heterocycles. The summed E-state index contributed by atoms with van der Waals surface area (Å²) in [5, 5.41) is 3.63. The number of carbonyl (C=O) groups excluding carboxylic acids is 1. The number of carbonyl (C=O) groups is 1. The molecule has 0 fully saturated rings. The van der Waals surface area contributed by atoms with Crippen LogP contribution in [0.15, 0.2) is 5.11 Å². The lowest BCUT2D eigenvalue weighted by atomic mass is 9.99. The van der Waals surface area contributed by atoms with Crippen LogP contribution in [0.25, 0.3) is 10.4 Å². The molecule has 0 atom stereocenters. The molecule has 80 valence electrons. The van der Waals surface area contributed by atoms with E-state index in [-0.39, 0.29) is 5.97 Å². The first-order valence-corrected chi connectivity index (χ1v) is 4.73. The van der Waals surface area contributed by atoms with E-state index in [0.717, 1.165) is 0 Å². The Morgan fingerprint density at radius 1 is 1.57 bits per heavy atom. The van der Waals surface area contributed by atoms with Crippen molar-refractivity contribution in [2.24, 2.45) is 5.11 Å². The molecule has 0 spiro atoms. The van der Waals surface area contributed by atoms with Crippen LogP contribution in [0, 0.1) is 0 Å². The summed E-state index contributed by atoms with van der Waals surface area (Å²) in [6.45, 7) is 5.89. The van der Waals surface area contributed by atoms with E-state index in [1.165, 1.54) is 0 Å². The molecule has 0 amide bonds. The molecule has 0 bridgehead atoms. The Labute approximate surface area is 84.1 Å². The van der Waals surface area contributed by atoms with Gasteiger partial charge in [0, 0.05) is 16.9 Å². The minimum atomic E-state index is -0.415. The first-order chi connectivity index (χ1) is 6.52. The molecule has 0 aromatic heterocycles. The molecule has 0 saturated carbocycles. The third-order valence-corrected chi connectivity index (χ3v) is 1.79. The van der Waals surface area contributed by atoms with Crippen molar-refractivity contribution in [3.63, 3.8) is 0 Å². The Bertz CT molecular complexity index is 232. The number of hydrogen-bond donors (Lipinski definition) is 0. The summed E-state index contributed by atoms with van der Waals surface area (Å²) in [6.07, 6.45) is 1.76. The zero-order chi connectivity index (χ0) is 11.0. The molecular weight excluding hydrogens is 182 g/mol. The van der Waals surface area contributed by atoms with E-state index in [0.29, 0.717) is 25.9 Å². The lowest BCUT2D eigenvalue weighted by molar-refractivity contribution is -0.143. The molecule has 5 heteroatoms. The van der Waals surface area contributed by atoms with Crippen LogP contribution in [0.3, 0.4) is 0 Å². The van der Waals surface area contributed by atoms with Gasteiger partial charge in [-0.1, -0.05) is 19.0 Å². The van der Waals surface area contributed by atoms with Crippen molar-refractivity contribution in [2.75, 3.05) is 6.61 Å². The van der Waals surface area contributed by atoms with Gasteiger partial charge >= 0.3 is 5.97 Å². The highest BCUT2D eigenvalue weighted by Crippen LogP contribution is 2.17. The van der Waals surface area contributed by atoms with Crippen LogP contribution in [-0.4, -0.2) is 18.1 Å². The fraction of sp³-hybridized carbons (Fsp3) is 0.889. The molecule has 0 radical (unpaired) electrons. The van der Waals surface area contributed by atoms with Crippen molar-refractivity contribution >= 4 is 5.97 Å². The van der Waals surface area contributed by atoms with Crippen molar-refractivity contribution < 1.29 is 9.53 Å². The lowest BCUT2D eigenvalue weighted by Crippen LogP contribution is -2.16. The average Bonchev–Trinajstić information content (AvgIpc) is 2.03. The number of esters is 1. The highest BCUT2D eigenvalue weighted by atomic mass is 16.5. The molecule has 0 aromatic carbocycles. The van der Waals surface area contributed by atoms with Crippen molar-refractivity contribution in [3.05, 3.63) is 10.4 Å². The van der Waals surface area contributed by atoms with Crippen LogP contribution in [0.4, 0.5) is 0 Å². The molecule has 0 aliphatic heterocycles. The van der Waals surface area contributed by atoms with Crippen LogP contribution >= 0.6 is 0 Å². The van der Waals surface area contributed by atoms with Crippen LogP contribution in [-0.2, 0) is 9.53 Å². The third kappa shape index (κ3) is 6.31. The second kappa shape index (κ2) is 6.27. The maximum Gasteiger partial charge on any atom is 0.305 e. The third-order valence-electron chi connectivity index (χ3n) is 1.79. The van der Waals surface area contributed by atoms with Gasteiger partial charge in [-0.2, -0.15) is 0 Å². The maximum atomic E-state index is 11.0. The predicted octanol–water partition coefficient (Wildman–Crippen LogP) is 2.81.